The number of hydrogen-bond donors (Lipinski definition) is 1. The summed E-state index contributed by atoms with van der Waals surface area (Å²) in [7, 11) is 1.81. The van der Waals surface area contributed by atoms with Crippen molar-refractivity contribution in [2.24, 2.45) is 0 Å². The van der Waals surface area contributed by atoms with Crippen LogP contribution in [0.4, 0.5) is 0 Å². The summed E-state index contributed by atoms with van der Waals surface area (Å²) >= 11 is 0. The zero-order valence-corrected chi connectivity index (χ0v) is 13.2. The second-order valence-electron chi connectivity index (χ2n) is 6.59. The smallest absolute Gasteiger partial charge is 0.0589 e. The Kier molecular flexibility index (Phi) is 4.94. The molecule has 3 nitrogen and oxygen atoms in total. The van der Waals surface area contributed by atoms with Crippen molar-refractivity contribution >= 4 is 0 Å². The zero-order valence-electron chi connectivity index (χ0n) is 13.2. The van der Waals surface area contributed by atoms with Crippen LogP contribution in [0.15, 0.2) is 30.3 Å². The highest BCUT2D eigenvalue weighted by Gasteiger charge is 2.39. The van der Waals surface area contributed by atoms with Crippen LogP contribution in [0.3, 0.4) is 0 Å². The van der Waals surface area contributed by atoms with Crippen LogP contribution in [-0.4, -0.2) is 50.8 Å². The number of ether oxygens (including phenoxy) is 1. The van der Waals surface area contributed by atoms with E-state index in [4.69, 9.17) is 4.74 Å². The van der Waals surface area contributed by atoms with Crippen LogP contribution in [0.25, 0.3) is 0 Å². The second-order valence-corrected chi connectivity index (χ2v) is 6.59. The third-order valence-corrected chi connectivity index (χ3v) is 5.10. The Balaban J connectivity index is 1.78. The molecule has 0 radical (unpaired) electrons. The molecule has 0 amide bonds. The van der Waals surface area contributed by atoms with Crippen LogP contribution in [0.5, 0.6) is 0 Å². The molecule has 1 N–H and O–H groups in total. The fourth-order valence-corrected chi connectivity index (χ4v) is 3.66. The zero-order chi connectivity index (χ0) is 14.5. The van der Waals surface area contributed by atoms with E-state index in [0.717, 1.165) is 32.3 Å². The Hall–Kier alpha value is -0.900. The summed E-state index contributed by atoms with van der Waals surface area (Å²) in [6, 6.07) is 12.0. The molecule has 1 saturated heterocycles. The summed E-state index contributed by atoms with van der Waals surface area (Å²) < 4.78 is 5.32. The quantitative estimate of drug-likeness (QED) is 0.834. The lowest BCUT2D eigenvalue weighted by Gasteiger charge is -2.42. The van der Waals surface area contributed by atoms with Crippen molar-refractivity contribution in [3.8, 4) is 0 Å². The maximum absolute atomic E-state index is 5.32. The molecule has 2 aliphatic rings. The lowest BCUT2D eigenvalue weighted by atomic mass is 9.72. The van der Waals surface area contributed by atoms with Crippen LogP contribution in [0, 0.1) is 0 Å². The van der Waals surface area contributed by atoms with Gasteiger partial charge in [0, 0.05) is 31.7 Å². The minimum Gasteiger partial charge on any atom is -0.383 e. The molecular formula is C18H28N2O. The van der Waals surface area contributed by atoms with Crippen molar-refractivity contribution in [1.82, 2.24) is 10.2 Å². The van der Waals surface area contributed by atoms with Gasteiger partial charge in [0.05, 0.1) is 6.61 Å². The minimum absolute atomic E-state index is 0.322. The summed E-state index contributed by atoms with van der Waals surface area (Å²) in [6.07, 6.45) is 5.22. The van der Waals surface area contributed by atoms with Gasteiger partial charge in [-0.05, 0) is 44.3 Å². The van der Waals surface area contributed by atoms with Gasteiger partial charge in [-0.25, -0.2) is 0 Å². The highest BCUT2D eigenvalue weighted by Crippen LogP contribution is 2.37. The Labute approximate surface area is 128 Å². The van der Waals surface area contributed by atoms with Crippen LogP contribution >= 0.6 is 0 Å². The molecule has 1 aliphatic heterocycles. The Morgan fingerprint density at radius 3 is 2.52 bits per heavy atom. The molecule has 1 heterocycles. The average Bonchev–Trinajstić information content (AvgIpc) is 3.38. The van der Waals surface area contributed by atoms with Crippen molar-refractivity contribution < 1.29 is 4.74 Å². The predicted molar refractivity (Wildman–Crippen MR) is 86.7 cm³/mol. The van der Waals surface area contributed by atoms with Crippen LogP contribution < -0.4 is 5.32 Å². The molecule has 0 aromatic heterocycles. The fraction of sp³-hybridized carbons (Fsp3) is 0.667. The standard InChI is InChI=1S/C18H28N2O/c1-21-14-13-20(17-7-8-17)15-18(9-11-19-12-10-18)16-5-3-2-4-6-16/h2-6,17,19H,7-15H2,1H3. The van der Waals surface area contributed by atoms with E-state index >= 15 is 0 Å². The van der Waals surface area contributed by atoms with Gasteiger partial charge in [-0.1, -0.05) is 30.3 Å². The van der Waals surface area contributed by atoms with E-state index in [0.29, 0.717) is 5.41 Å². The number of nitrogens with one attached hydrogen (secondary N) is 1. The summed E-state index contributed by atoms with van der Waals surface area (Å²) in [5, 5.41) is 3.53. The second kappa shape index (κ2) is 6.91. The summed E-state index contributed by atoms with van der Waals surface area (Å²) in [5.74, 6) is 0. The number of nitrogens with zero attached hydrogens (tertiary/aromatic N) is 1. The lowest BCUT2D eigenvalue weighted by molar-refractivity contribution is 0.114. The van der Waals surface area contributed by atoms with Gasteiger partial charge in [0.25, 0.3) is 0 Å². The monoisotopic (exact) mass is 288 g/mol. The molecule has 1 saturated carbocycles. The number of hydrogen-bond acceptors (Lipinski definition) is 3. The SMILES string of the molecule is COCCN(CC1(c2ccccc2)CCNCC1)C1CC1. The van der Waals surface area contributed by atoms with Gasteiger partial charge in [0.2, 0.25) is 0 Å². The third-order valence-electron chi connectivity index (χ3n) is 5.10. The number of piperidine rings is 1. The van der Waals surface area contributed by atoms with Gasteiger partial charge in [-0.15, -0.1) is 0 Å². The molecule has 3 rings (SSSR count). The maximum Gasteiger partial charge on any atom is 0.0589 e. The minimum atomic E-state index is 0.322. The molecule has 116 valence electrons. The van der Waals surface area contributed by atoms with E-state index in [1.807, 2.05) is 7.11 Å². The molecule has 0 unspecified atom stereocenters. The normalized spacial score (nSPS) is 21.6. The average molecular weight is 288 g/mol. The predicted octanol–water partition coefficient (Wildman–Crippen LogP) is 2.42. The molecule has 1 aromatic rings. The first-order chi connectivity index (χ1) is 10.3. The first-order valence-corrected chi connectivity index (χ1v) is 8.33. The molecule has 21 heavy (non-hydrogen) atoms. The van der Waals surface area contributed by atoms with E-state index in [-0.39, 0.29) is 0 Å². The topological polar surface area (TPSA) is 24.5 Å². The number of rotatable bonds is 7. The highest BCUT2D eigenvalue weighted by atomic mass is 16.5. The van der Waals surface area contributed by atoms with Crippen molar-refractivity contribution in [3.05, 3.63) is 35.9 Å². The Bertz CT molecular complexity index is 424. The largest absolute Gasteiger partial charge is 0.383 e. The highest BCUT2D eigenvalue weighted by molar-refractivity contribution is 5.27. The number of benzene rings is 1. The molecule has 2 fully saturated rings. The number of methoxy groups -OCH3 is 1. The van der Waals surface area contributed by atoms with Gasteiger partial charge < -0.3 is 10.1 Å². The molecule has 0 spiro atoms. The van der Waals surface area contributed by atoms with E-state index in [1.165, 1.54) is 37.8 Å². The van der Waals surface area contributed by atoms with Crippen LogP contribution in [-0.2, 0) is 10.2 Å². The van der Waals surface area contributed by atoms with E-state index in [9.17, 15) is 0 Å². The molecule has 1 aromatic carbocycles. The molecule has 1 aliphatic carbocycles. The molecule has 0 atom stereocenters. The van der Waals surface area contributed by atoms with E-state index in [1.54, 1.807) is 0 Å². The molecule has 0 bridgehead atoms. The van der Waals surface area contributed by atoms with Gasteiger partial charge in [0.15, 0.2) is 0 Å². The van der Waals surface area contributed by atoms with E-state index in [2.05, 4.69) is 40.5 Å². The van der Waals surface area contributed by atoms with Gasteiger partial charge in [0.1, 0.15) is 0 Å². The molecule has 3 heteroatoms. The first kappa shape index (κ1) is 15.0. The Morgan fingerprint density at radius 1 is 1.19 bits per heavy atom. The van der Waals surface area contributed by atoms with Crippen LogP contribution in [0.1, 0.15) is 31.2 Å². The summed E-state index contributed by atoms with van der Waals surface area (Å²) in [5.41, 5.74) is 1.85. The van der Waals surface area contributed by atoms with Gasteiger partial charge >= 0.3 is 0 Å². The third kappa shape index (κ3) is 3.65. The first-order valence-electron chi connectivity index (χ1n) is 8.33. The van der Waals surface area contributed by atoms with Crippen LogP contribution in [0.2, 0.25) is 0 Å². The Morgan fingerprint density at radius 2 is 1.90 bits per heavy atom. The summed E-state index contributed by atoms with van der Waals surface area (Å²) in [4.78, 5) is 2.68. The van der Waals surface area contributed by atoms with Crippen molar-refractivity contribution in [1.29, 1.82) is 0 Å². The molecular weight excluding hydrogens is 260 g/mol. The van der Waals surface area contributed by atoms with Gasteiger partial charge in [-0.3, -0.25) is 4.90 Å². The maximum atomic E-state index is 5.32. The lowest BCUT2D eigenvalue weighted by Crippen LogP contribution is -2.49. The van der Waals surface area contributed by atoms with E-state index < -0.39 is 0 Å². The van der Waals surface area contributed by atoms with Crippen molar-refractivity contribution in [3.63, 3.8) is 0 Å². The van der Waals surface area contributed by atoms with Gasteiger partial charge in [-0.2, -0.15) is 0 Å². The van der Waals surface area contributed by atoms with Crippen molar-refractivity contribution in [2.45, 2.75) is 37.1 Å². The summed E-state index contributed by atoms with van der Waals surface area (Å²) in [6.45, 7) is 5.38. The van der Waals surface area contributed by atoms with Crippen molar-refractivity contribution in [2.75, 3.05) is 39.9 Å². The fourth-order valence-electron chi connectivity index (χ4n) is 3.66.